The minimum atomic E-state index is -4.64. The van der Waals surface area contributed by atoms with Gasteiger partial charge in [-0.2, -0.15) is 13.2 Å². The summed E-state index contributed by atoms with van der Waals surface area (Å²) in [5.74, 6) is -0.623. The third-order valence-corrected chi connectivity index (χ3v) is 5.16. The van der Waals surface area contributed by atoms with Crippen LogP contribution in [0.15, 0.2) is 36.4 Å². The van der Waals surface area contributed by atoms with Crippen LogP contribution in [-0.4, -0.2) is 42.8 Å². The van der Waals surface area contributed by atoms with Gasteiger partial charge in [0.1, 0.15) is 5.82 Å². The SMILES string of the molecule is CN1CCC(CN(C(=O)O)c2ccc(F)cc2-c2cc(Cl)cc(C(F)(F)F)c2)C1. The van der Waals surface area contributed by atoms with Gasteiger partial charge in [-0.05, 0) is 67.9 Å². The zero-order valence-electron chi connectivity index (χ0n) is 15.5. The molecule has 1 aliphatic heterocycles. The largest absolute Gasteiger partial charge is 0.465 e. The maximum absolute atomic E-state index is 14.0. The zero-order valence-corrected chi connectivity index (χ0v) is 16.3. The molecule has 2 aromatic carbocycles. The number of hydrogen-bond acceptors (Lipinski definition) is 2. The number of hydrogen-bond donors (Lipinski definition) is 1. The molecule has 2 aromatic rings. The second kappa shape index (κ2) is 8.20. The number of rotatable bonds is 4. The highest BCUT2D eigenvalue weighted by Crippen LogP contribution is 2.38. The Kier molecular flexibility index (Phi) is 6.05. The second-order valence-corrected chi connectivity index (χ2v) is 7.63. The van der Waals surface area contributed by atoms with Crippen molar-refractivity contribution in [2.75, 3.05) is 31.6 Å². The molecular formula is C20H19ClF4N2O2. The Labute approximate surface area is 170 Å². The third-order valence-electron chi connectivity index (χ3n) is 4.95. The fraction of sp³-hybridized carbons (Fsp3) is 0.350. The molecule has 156 valence electrons. The van der Waals surface area contributed by atoms with Crippen LogP contribution in [0, 0.1) is 11.7 Å². The first kappa shape index (κ1) is 21.4. The number of carboxylic acid groups (broad SMARTS) is 1. The van der Waals surface area contributed by atoms with E-state index in [-0.39, 0.29) is 34.3 Å². The molecule has 1 heterocycles. The minimum Gasteiger partial charge on any atom is -0.465 e. The molecule has 0 bridgehead atoms. The predicted molar refractivity (Wildman–Crippen MR) is 103 cm³/mol. The van der Waals surface area contributed by atoms with E-state index < -0.39 is 23.7 Å². The third kappa shape index (κ3) is 5.00. The molecule has 1 aliphatic rings. The van der Waals surface area contributed by atoms with Crippen molar-refractivity contribution in [2.24, 2.45) is 5.92 Å². The van der Waals surface area contributed by atoms with Crippen LogP contribution in [-0.2, 0) is 6.18 Å². The quantitative estimate of drug-likeness (QED) is 0.642. The maximum Gasteiger partial charge on any atom is 0.416 e. The number of nitrogens with zero attached hydrogens (tertiary/aromatic N) is 2. The normalized spacial score (nSPS) is 17.5. The fourth-order valence-electron chi connectivity index (χ4n) is 3.60. The molecule has 29 heavy (non-hydrogen) atoms. The zero-order chi connectivity index (χ0) is 21.3. The Morgan fingerprint density at radius 3 is 2.59 bits per heavy atom. The van der Waals surface area contributed by atoms with E-state index in [1.54, 1.807) is 0 Å². The molecule has 0 saturated carbocycles. The molecule has 1 saturated heterocycles. The van der Waals surface area contributed by atoms with Gasteiger partial charge in [0.2, 0.25) is 0 Å². The molecule has 1 amide bonds. The van der Waals surface area contributed by atoms with Gasteiger partial charge < -0.3 is 10.0 Å². The van der Waals surface area contributed by atoms with Gasteiger partial charge in [0, 0.05) is 23.7 Å². The van der Waals surface area contributed by atoms with E-state index in [4.69, 9.17) is 11.6 Å². The summed E-state index contributed by atoms with van der Waals surface area (Å²) in [7, 11) is 1.93. The average Bonchev–Trinajstić information content (AvgIpc) is 3.03. The van der Waals surface area contributed by atoms with Crippen LogP contribution < -0.4 is 4.90 Å². The number of likely N-dealkylation sites (tertiary alicyclic amines) is 1. The Hall–Kier alpha value is -2.32. The molecule has 1 fully saturated rings. The highest BCUT2D eigenvalue weighted by atomic mass is 35.5. The lowest BCUT2D eigenvalue weighted by Crippen LogP contribution is -2.35. The van der Waals surface area contributed by atoms with Gasteiger partial charge >= 0.3 is 12.3 Å². The number of alkyl halides is 3. The molecule has 9 heteroatoms. The standard InChI is InChI=1S/C20H19ClF4N2O2/c1-26-5-4-12(10-26)11-27(19(28)29)18-3-2-16(22)9-17(18)13-6-14(20(23,24)25)8-15(21)7-13/h2-3,6-9,12H,4-5,10-11H2,1H3,(H,28,29). The van der Waals surface area contributed by atoms with E-state index in [0.717, 1.165) is 42.1 Å². The summed E-state index contributed by atoms with van der Waals surface area (Å²) in [6.07, 6.45) is -5.11. The number of halogens is 5. The molecule has 4 nitrogen and oxygen atoms in total. The molecule has 3 rings (SSSR count). The molecule has 0 aliphatic carbocycles. The summed E-state index contributed by atoms with van der Waals surface area (Å²) in [6.45, 7) is 1.69. The molecule has 0 spiro atoms. The number of carbonyl (C=O) groups is 1. The van der Waals surface area contributed by atoms with Crippen LogP contribution in [0.4, 0.5) is 28.0 Å². The van der Waals surface area contributed by atoms with E-state index in [1.165, 1.54) is 12.1 Å². The van der Waals surface area contributed by atoms with Crippen molar-refractivity contribution in [1.82, 2.24) is 4.90 Å². The first-order valence-electron chi connectivity index (χ1n) is 8.91. The van der Waals surface area contributed by atoms with Crippen LogP contribution in [0.5, 0.6) is 0 Å². The first-order valence-corrected chi connectivity index (χ1v) is 9.29. The Morgan fingerprint density at radius 2 is 2.00 bits per heavy atom. The summed E-state index contributed by atoms with van der Waals surface area (Å²) in [6, 6.07) is 6.26. The van der Waals surface area contributed by atoms with Crippen LogP contribution in [0.1, 0.15) is 12.0 Å². The lowest BCUT2D eigenvalue weighted by molar-refractivity contribution is -0.137. The van der Waals surface area contributed by atoms with Crippen molar-refractivity contribution >= 4 is 23.4 Å². The summed E-state index contributed by atoms with van der Waals surface area (Å²) >= 11 is 5.86. The molecule has 0 aromatic heterocycles. The van der Waals surface area contributed by atoms with Crippen molar-refractivity contribution in [3.05, 3.63) is 52.8 Å². The monoisotopic (exact) mass is 430 g/mol. The minimum absolute atomic E-state index is 0.00545. The summed E-state index contributed by atoms with van der Waals surface area (Å²) < 4.78 is 53.5. The molecule has 1 N–H and O–H groups in total. The van der Waals surface area contributed by atoms with Gasteiger partial charge in [-0.1, -0.05) is 11.6 Å². The number of anilines is 1. The van der Waals surface area contributed by atoms with E-state index in [9.17, 15) is 27.5 Å². The number of amides is 1. The first-order chi connectivity index (χ1) is 13.5. The lowest BCUT2D eigenvalue weighted by atomic mass is 9.99. The Balaban J connectivity index is 2.08. The van der Waals surface area contributed by atoms with Gasteiger partial charge in [-0.25, -0.2) is 9.18 Å². The Morgan fingerprint density at radius 1 is 1.28 bits per heavy atom. The van der Waals surface area contributed by atoms with Crippen molar-refractivity contribution in [2.45, 2.75) is 12.6 Å². The van der Waals surface area contributed by atoms with Crippen LogP contribution in [0.25, 0.3) is 11.1 Å². The highest BCUT2D eigenvalue weighted by Gasteiger charge is 2.32. The highest BCUT2D eigenvalue weighted by molar-refractivity contribution is 6.31. The van der Waals surface area contributed by atoms with E-state index in [1.807, 2.05) is 7.05 Å². The average molecular weight is 431 g/mol. The molecule has 1 unspecified atom stereocenters. The van der Waals surface area contributed by atoms with Gasteiger partial charge in [0.25, 0.3) is 0 Å². The van der Waals surface area contributed by atoms with Crippen LogP contribution in [0.2, 0.25) is 5.02 Å². The Bertz CT molecular complexity index is 920. The second-order valence-electron chi connectivity index (χ2n) is 7.20. The summed E-state index contributed by atoms with van der Waals surface area (Å²) in [5.41, 5.74) is -0.848. The van der Waals surface area contributed by atoms with Crippen LogP contribution >= 0.6 is 11.6 Å². The van der Waals surface area contributed by atoms with E-state index in [0.29, 0.717) is 6.54 Å². The van der Waals surface area contributed by atoms with Crippen molar-refractivity contribution in [3.63, 3.8) is 0 Å². The summed E-state index contributed by atoms with van der Waals surface area (Å²) in [4.78, 5) is 15.1. The van der Waals surface area contributed by atoms with Crippen molar-refractivity contribution in [3.8, 4) is 11.1 Å². The maximum atomic E-state index is 14.0. The van der Waals surface area contributed by atoms with Gasteiger partial charge in [-0.3, -0.25) is 4.90 Å². The van der Waals surface area contributed by atoms with Crippen molar-refractivity contribution < 1.29 is 27.5 Å². The predicted octanol–water partition coefficient (Wildman–Crippen LogP) is 5.60. The van der Waals surface area contributed by atoms with Gasteiger partial charge in [0.05, 0.1) is 11.3 Å². The molecule has 1 atom stereocenters. The molecule has 0 radical (unpaired) electrons. The van der Waals surface area contributed by atoms with E-state index >= 15 is 0 Å². The molecular weight excluding hydrogens is 412 g/mol. The summed E-state index contributed by atoms with van der Waals surface area (Å²) in [5, 5.41) is 9.57. The number of benzene rings is 2. The van der Waals surface area contributed by atoms with Crippen LogP contribution in [0.3, 0.4) is 0 Å². The topological polar surface area (TPSA) is 43.8 Å². The smallest absolute Gasteiger partial charge is 0.416 e. The van der Waals surface area contributed by atoms with Gasteiger partial charge in [-0.15, -0.1) is 0 Å². The fourth-order valence-corrected chi connectivity index (χ4v) is 3.83. The van der Waals surface area contributed by atoms with Gasteiger partial charge in [0.15, 0.2) is 0 Å². The van der Waals surface area contributed by atoms with E-state index in [2.05, 4.69) is 4.90 Å². The van der Waals surface area contributed by atoms with Crippen molar-refractivity contribution in [1.29, 1.82) is 0 Å². The lowest BCUT2D eigenvalue weighted by Gasteiger charge is -2.25.